The predicted octanol–water partition coefficient (Wildman–Crippen LogP) is 1.92. The first-order chi connectivity index (χ1) is 9.47. The Kier molecular flexibility index (Phi) is 4.41. The normalized spacial score (nSPS) is 16.1. The number of rotatable bonds is 3. The lowest BCUT2D eigenvalue weighted by Gasteiger charge is -2.26. The first-order valence-corrected chi connectivity index (χ1v) is 6.39. The number of amides is 1. The summed E-state index contributed by atoms with van der Waals surface area (Å²) >= 11 is 0. The van der Waals surface area contributed by atoms with Crippen LogP contribution in [-0.4, -0.2) is 40.4 Å². The van der Waals surface area contributed by atoms with Crippen molar-refractivity contribution in [3.05, 3.63) is 18.0 Å². The molecule has 0 atom stereocenters. The summed E-state index contributed by atoms with van der Waals surface area (Å²) < 4.78 is 37.4. The number of halogens is 3. The van der Waals surface area contributed by atoms with E-state index in [4.69, 9.17) is 0 Å². The van der Waals surface area contributed by atoms with Crippen molar-refractivity contribution in [3.63, 3.8) is 0 Å². The number of alkyl halides is 3. The van der Waals surface area contributed by atoms with Gasteiger partial charge in [-0.3, -0.25) is 4.79 Å². The van der Waals surface area contributed by atoms with Crippen LogP contribution in [0.3, 0.4) is 0 Å². The molecule has 0 unspecified atom stereocenters. The molecule has 0 radical (unpaired) electrons. The number of anilines is 1. The van der Waals surface area contributed by atoms with Crippen LogP contribution in [0, 0.1) is 0 Å². The average molecular weight is 288 g/mol. The van der Waals surface area contributed by atoms with Crippen molar-refractivity contribution in [2.24, 2.45) is 0 Å². The molecule has 1 amide bonds. The Morgan fingerprint density at radius 1 is 1.30 bits per heavy atom. The molecule has 2 rings (SSSR count). The van der Waals surface area contributed by atoms with Crippen LogP contribution in [0.25, 0.3) is 0 Å². The third kappa shape index (κ3) is 3.82. The Morgan fingerprint density at radius 3 is 2.65 bits per heavy atom. The molecule has 0 bridgehead atoms. The first kappa shape index (κ1) is 14.5. The van der Waals surface area contributed by atoms with Crippen LogP contribution in [0.5, 0.6) is 0 Å². The maximum atomic E-state index is 12.5. The van der Waals surface area contributed by atoms with Gasteiger partial charge in [-0.2, -0.15) is 13.2 Å². The fourth-order valence-electron chi connectivity index (χ4n) is 2.01. The highest BCUT2D eigenvalue weighted by atomic mass is 19.4. The molecule has 1 fully saturated rings. The number of carbonyl (C=O) groups is 1. The zero-order valence-electron chi connectivity index (χ0n) is 10.8. The van der Waals surface area contributed by atoms with Gasteiger partial charge in [-0.25, -0.2) is 9.97 Å². The topological polar surface area (TPSA) is 58.1 Å². The van der Waals surface area contributed by atoms with Gasteiger partial charge in [-0.1, -0.05) is 0 Å². The minimum Gasteiger partial charge on any atom is -0.345 e. The number of nitrogens with zero attached hydrogens (tertiary/aromatic N) is 3. The van der Waals surface area contributed by atoms with Crippen molar-refractivity contribution in [2.45, 2.75) is 25.4 Å². The third-order valence-electron chi connectivity index (χ3n) is 3.05. The highest BCUT2D eigenvalue weighted by Crippen LogP contribution is 2.27. The summed E-state index contributed by atoms with van der Waals surface area (Å²) in [7, 11) is 0. The monoisotopic (exact) mass is 288 g/mol. The van der Waals surface area contributed by atoms with E-state index in [0.29, 0.717) is 13.1 Å². The number of nitrogens with one attached hydrogen (secondary N) is 1. The van der Waals surface area contributed by atoms with Crippen molar-refractivity contribution in [1.29, 1.82) is 0 Å². The van der Waals surface area contributed by atoms with Crippen molar-refractivity contribution in [2.75, 3.05) is 25.0 Å². The molecule has 2 heterocycles. The Labute approximate surface area is 114 Å². The average Bonchev–Trinajstić information content (AvgIpc) is 2.45. The molecule has 1 saturated heterocycles. The molecular formula is C12H15F3N4O. The summed E-state index contributed by atoms with van der Waals surface area (Å²) in [6.45, 7) is 1.30. The lowest BCUT2D eigenvalue weighted by atomic mass is 10.1. The minimum atomic E-state index is -4.52. The zero-order chi connectivity index (χ0) is 14.6. The molecule has 1 aromatic rings. The van der Waals surface area contributed by atoms with Crippen LogP contribution < -0.4 is 5.32 Å². The lowest BCUT2D eigenvalue weighted by molar-refractivity contribution is -0.141. The smallest absolute Gasteiger partial charge is 0.345 e. The van der Waals surface area contributed by atoms with Gasteiger partial charge >= 0.3 is 6.18 Å². The molecule has 110 valence electrons. The van der Waals surface area contributed by atoms with E-state index in [9.17, 15) is 18.0 Å². The second-order valence-corrected chi connectivity index (χ2v) is 4.56. The highest BCUT2D eigenvalue weighted by molar-refractivity contribution is 5.80. The van der Waals surface area contributed by atoms with E-state index < -0.39 is 11.9 Å². The third-order valence-corrected chi connectivity index (χ3v) is 3.05. The van der Waals surface area contributed by atoms with Crippen molar-refractivity contribution < 1.29 is 18.0 Å². The number of aromatic nitrogens is 2. The van der Waals surface area contributed by atoms with E-state index in [2.05, 4.69) is 15.3 Å². The molecule has 0 spiro atoms. The maximum Gasteiger partial charge on any atom is 0.433 e. The highest BCUT2D eigenvalue weighted by Gasteiger charge is 2.32. The number of likely N-dealkylation sites (tertiary alicyclic amines) is 1. The summed E-state index contributed by atoms with van der Waals surface area (Å²) in [5, 5.41) is 2.54. The van der Waals surface area contributed by atoms with Crippen molar-refractivity contribution in [3.8, 4) is 0 Å². The number of hydrogen-bond donors (Lipinski definition) is 1. The van der Waals surface area contributed by atoms with Gasteiger partial charge < -0.3 is 10.2 Å². The van der Waals surface area contributed by atoms with Crippen LogP contribution in [0.2, 0.25) is 0 Å². The molecule has 1 aliphatic heterocycles. The van der Waals surface area contributed by atoms with Gasteiger partial charge in [0.2, 0.25) is 11.9 Å². The Bertz CT molecular complexity index is 472. The van der Waals surface area contributed by atoms with Crippen LogP contribution in [0.15, 0.2) is 12.3 Å². The molecule has 1 aromatic heterocycles. The summed E-state index contributed by atoms with van der Waals surface area (Å²) in [6.07, 6.45) is -0.467. The molecule has 0 saturated carbocycles. The van der Waals surface area contributed by atoms with E-state index in [1.807, 2.05) is 0 Å². The van der Waals surface area contributed by atoms with Crippen LogP contribution in [-0.2, 0) is 11.0 Å². The van der Waals surface area contributed by atoms with Crippen molar-refractivity contribution in [1.82, 2.24) is 14.9 Å². The van der Waals surface area contributed by atoms with Gasteiger partial charge in [-0.15, -0.1) is 0 Å². The summed E-state index contributed by atoms with van der Waals surface area (Å²) in [5.41, 5.74) is -1.03. The summed E-state index contributed by atoms with van der Waals surface area (Å²) in [5.74, 6) is -0.337. The molecule has 0 aliphatic carbocycles. The van der Waals surface area contributed by atoms with E-state index in [1.165, 1.54) is 0 Å². The predicted molar refractivity (Wildman–Crippen MR) is 66.0 cm³/mol. The lowest BCUT2D eigenvalue weighted by Crippen LogP contribution is -2.39. The molecule has 1 aliphatic rings. The van der Waals surface area contributed by atoms with E-state index >= 15 is 0 Å². The van der Waals surface area contributed by atoms with E-state index in [1.54, 1.807) is 4.90 Å². The van der Waals surface area contributed by atoms with Crippen molar-refractivity contribution >= 4 is 11.9 Å². The van der Waals surface area contributed by atoms with E-state index in [0.717, 1.165) is 31.5 Å². The first-order valence-electron chi connectivity index (χ1n) is 6.39. The van der Waals surface area contributed by atoms with Gasteiger partial charge in [0.1, 0.15) is 5.69 Å². The fraction of sp³-hybridized carbons (Fsp3) is 0.583. The van der Waals surface area contributed by atoms with Gasteiger partial charge in [0.25, 0.3) is 0 Å². The molecule has 8 heteroatoms. The fourth-order valence-corrected chi connectivity index (χ4v) is 2.01. The van der Waals surface area contributed by atoms with Gasteiger partial charge in [0.05, 0.1) is 6.54 Å². The number of hydrogen-bond acceptors (Lipinski definition) is 4. The van der Waals surface area contributed by atoms with Gasteiger partial charge in [-0.05, 0) is 25.3 Å². The Hall–Kier alpha value is -1.86. The Balaban J connectivity index is 1.92. The largest absolute Gasteiger partial charge is 0.433 e. The van der Waals surface area contributed by atoms with Crippen LogP contribution >= 0.6 is 0 Å². The second-order valence-electron chi connectivity index (χ2n) is 4.56. The van der Waals surface area contributed by atoms with Gasteiger partial charge in [0, 0.05) is 19.3 Å². The SMILES string of the molecule is O=C(CNc1nccc(C(F)(F)F)n1)N1CCCCC1. The minimum absolute atomic E-state index is 0.0959. The molecular weight excluding hydrogens is 273 g/mol. The van der Waals surface area contributed by atoms with E-state index in [-0.39, 0.29) is 18.4 Å². The summed E-state index contributed by atoms with van der Waals surface area (Å²) in [6, 6.07) is 0.789. The van der Waals surface area contributed by atoms with Crippen LogP contribution in [0.1, 0.15) is 25.0 Å². The number of carbonyl (C=O) groups excluding carboxylic acids is 1. The number of piperidine rings is 1. The van der Waals surface area contributed by atoms with Crippen LogP contribution in [0.4, 0.5) is 19.1 Å². The standard InChI is InChI=1S/C12H15F3N4O/c13-12(14,15)9-4-5-16-11(18-9)17-8-10(20)19-6-2-1-3-7-19/h4-5H,1-3,6-8H2,(H,16,17,18). The second kappa shape index (κ2) is 6.06. The maximum absolute atomic E-state index is 12.5. The molecule has 20 heavy (non-hydrogen) atoms. The zero-order valence-corrected chi connectivity index (χ0v) is 10.8. The summed E-state index contributed by atoms with van der Waals surface area (Å²) in [4.78, 5) is 20.6. The molecule has 5 nitrogen and oxygen atoms in total. The van der Waals surface area contributed by atoms with Gasteiger partial charge in [0.15, 0.2) is 0 Å². The Morgan fingerprint density at radius 2 is 2.00 bits per heavy atom. The quantitative estimate of drug-likeness (QED) is 0.923. The molecule has 1 N–H and O–H groups in total. The molecule has 0 aromatic carbocycles.